The number of hydrogen-bond acceptors (Lipinski definition) is 4. The molecule has 234 valence electrons. The number of imidazole rings is 1. The molecule has 1 aliphatic rings. The molecule has 6 aromatic carbocycles. The molecule has 3 aromatic heterocycles. The van der Waals surface area contributed by atoms with Crippen molar-refractivity contribution in [1.82, 2.24) is 19.1 Å². The highest BCUT2D eigenvalue weighted by molar-refractivity contribution is 6.10. The van der Waals surface area contributed by atoms with Crippen molar-refractivity contribution in [3.05, 3.63) is 146 Å². The van der Waals surface area contributed by atoms with Crippen LogP contribution in [-0.2, 0) is 7.05 Å². The Bertz CT molecular complexity index is 2750. The van der Waals surface area contributed by atoms with Crippen LogP contribution in [0.1, 0.15) is 0 Å². The second kappa shape index (κ2) is 10.6. The summed E-state index contributed by atoms with van der Waals surface area (Å²) in [7, 11) is 4.24. The van der Waals surface area contributed by atoms with E-state index in [-0.39, 0.29) is 0 Å². The van der Waals surface area contributed by atoms with Crippen LogP contribution in [0.3, 0.4) is 0 Å². The van der Waals surface area contributed by atoms with Gasteiger partial charge in [-0.25, -0.2) is 9.97 Å². The fraction of sp³-hybridized carbons (Fsp3) is 0.0698. The Kier molecular flexibility index (Phi) is 5.96. The van der Waals surface area contributed by atoms with Gasteiger partial charge in [0.2, 0.25) is 0 Å². The summed E-state index contributed by atoms with van der Waals surface area (Å²) in [6, 6.07) is 49.9. The maximum Gasteiger partial charge on any atom is 0.145 e. The number of fused-ring (bicyclic) bond motifs is 6. The quantitative estimate of drug-likeness (QED) is 0.194. The summed E-state index contributed by atoms with van der Waals surface area (Å²) >= 11 is 0. The lowest BCUT2D eigenvalue weighted by Crippen LogP contribution is -2.24. The predicted octanol–water partition coefficient (Wildman–Crippen LogP) is 10.1. The van der Waals surface area contributed by atoms with Crippen LogP contribution in [0.2, 0.25) is 0 Å². The number of pyridine rings is 1. The van der Waals surface area contributed by atoms with Crippen molar-refractivity contribution in [1.29, 1.82) is 0 Å². The Morgan fingerprint density at radius 3 is 2.22 bits per heavy atom. The fourth-order valence-corrected chi connectivity index (χ4v) is 7.62. The molecule has 4 heterocycles. The molecule has 0 atom stereocenters. The van der Waals surface area contributed by atoms with Crippen molar-refractivity contribution in [2.75, 3.05) is 23.5 Å². The summed E-state index contributed by atoms with van der Waals surface area (Å²) in [6.07, 6.45) is 2.02. The smallest absolute Gasteiger partial charge is 0.145 e. The Balaban J connectivity index is 1.19. The topological polar surface area (TPSA) is 42.1 Å². The monoisotopic (exact) mass is 632 g/mol. The Hall–Kier alpha value is -6.40. The number of para-hydroxylation sites is 4. The van der Waals surface area contributed by atoms with Crippen LogP contribution in [0, 0.1) is 0 Å². The molecule has 6 heteroatoms. The lowest BCUT2D eigenvalue weighted by molar-refractivity contribution is 0.948. The lowest BCUT2D eigenvalue weighted by Gasteiger charge is -2.20. The third-order valence-corrected chi connectivity index (χ3v) is 10.1. The summed E-state index contributed by atoms with van der Waals surface area (Å²) in [4.78, 5) is 14.9. The van der Waals surface area contributed by atoms with Gasteiger partial charge in [-0.2, -0.15) is 0 Å². The molecule has 0 N–H and O–H groups in total. The van der Waals surface area contributed by atoms with Crippen molar-refractivity contribution < 1.29 is 0 Å². The van der Waals surface area contributed by atoms with Gasteiger partial charge in [-0.1, -0.05) is 78.9 Å². The molecule has 0 bridgehead atoms. The van der Waals surface area contributed by atoms with Crippen LogP contribution in [0.15, 0.2) is 146 Å². The first-order valence-corrected chi connectivity index (χ1v) is 16.6. The number of aryl methyl sites for hydroxylation is 1. The van der Waals surface area contributed by atoms with Gasteiger partial charge >= 0.3 is 0 Å². The van der Waals surface area contributed by atoms with Crippen LogP contribution in [0.4, 0.5) is 17.1 Å². The first kappa shape index (κ1) is 27.7. The van der Waals surface area contributed by atoms with Gasteiger partial charge in [0.1, 0.15) is 11.5 Å². The number of rotatable bonds is 4. The molecule has 49 heavy (non-hydrogen) atoms. The summed E-state index contributed by atoms with van der Waals surface area (Å²) in [5.41, 5.74) is 12.1. The van der Waals surface area contributed by atoms with Gasteiger partial charge in [0.05, 0.1) is 34.6 Å². The molecule has 0 saturated carbocycles. The number of nitrogens with zero attached hydrogens (tertiary/aromatic N) is 6. The predicted molar refractivity (Wildman–Crippen MR) is 203 cm³/mol. The lowest BCUT2D eigenvalue weighted by atomic mass is 10.0. The second-order valence-corrected chi connectivity index (χ2v) is 13.0. The number of anilines is 3. The molecular weight excluding hydrogens is 601 g/mol. The Labute approximate surface area is 283 Å². The molecule has 0 unspecified atom stereocenters. The average molecular weight is 633 g/mol. The largest absolute Gasteiger partial charge is 0.355 e. The van der Waals surface area contributed by atoms with Crippen LogP contribution >= 0.6 is 0 Å². The second-order valence-electron chi connectivity index (χ2n) is 13.0. The highest BCUT2D eigenvalue weighted by Gasteiger charge is 2.25. The van der Waals surface area contributed by atoms with Gasteiger partial charge in [0, 0.05) is 53.6 Å². The fourth-order valence-electron chi connectivity index (χ4n) is 7.62. The highest BCUT2D eigenvalue weighted by Crippen LogP contribution is 2.41. The molecule has 0 radical (unpaired) electrons. The Morgan fingerprint density at radius 1 is 0.551 bits per heavy atom. The third kappa shape index (κ3) is 4.27. The molecule has 6 nitrogen and oxygen atoms in total. The summed E-state index contributed by atoms with van der Waals surface area (Å²) < 4.78 is 4.50. The third-order valence-electron chi connectivity index (χ3n) is 10.1. The SMILES string of the molecule is CN1CN(c2cccc(-n3c4cc(-c5nc6ccccc6n5C)ccc4c4cc(-c5ccc6ccccc6c5)cnc43)c2)c2ccccc21. The summed E-state index contributed by atoms with van der Waals surface area (Å²) in [5, 5.41) is 4.73. The summed E-state index contributed by atoms with van der Waals surface area (Å²) in [6.45, 7) is 0.792. The number of hydrogen-bond donors (Lipinski definition) is 0. The van der Waals surface area contributed by atoms with E-state index >= 15 is 0 Å². The molecule has 9 aromatic rings. The van der Waals surface area contributed by atoms with E-state index in [4.69, 9.17) is 9.97 Å². The standard InChI is InChI=1S/C43H32N6/c1-46-27-48(40-17-8-7-16-39(40)46)33-12-9-13-34(25-33)49-41-24-31(42-45-37-14-5-6-15-38(37)47(42)2)20-21-35(41)36-23-32(26-44-43(36)49)30-19-18-28-10-3-4-11-29(28)22-30/h3-26H,27H2,1-2H3. The molecular formula is C43H32N6. The first-order chi connectivity index (χ1) is 24.1. The molecule has 0 fully saturated rings. The zero-order valence-corrected chi connectivity index (χ0v) is 27.2. The molecule has 0 saturated heterocycles. The van der Waals surface area contributed by atoms with E-state index in [0.717, 1.165) is 73.5 Å². The van der Waals surface area contributed by atoms with E-state index in [1.807, 2.05) is 12.3 Å². The normalized spacial score (nSPS) is 12.9. The van der Waals surface area contributed by atoms with E-state index in [9.17, 15) is 0 Å². The molecule has 1 aliphatic heterocycles. The van der Waals surface area contributed by atoms with Gasteiger partial charge in [-0.3, -0.25) is 4.57 Å². The minimum Gasteiger partial charge on any atom is -0.355 e. The Morgan fingerprint density at radius 2 is 1.33 bits per heavy atom. The van der Waals surface area contributed by atoms with E-state index in [2.05, 4.69) is 166 Å². The highest BCUT2D eigenvalue weighted by atomic mass is 15.4. The van der Waals surface area contributed by atoms with Crippen molar-refractivity contribution in [2.24, 2.45) is 7.05 Å². The first-order valence-electron chi connectivity index (χ1n) is 16.6. The zero-order chi connectivity index (χ0) is 32.6. The van der Waals surface area contributed by atoms with Crippen LogP contribution < -0.4 is 9.80 Å². The number of aromatic nitrogens is 4. The van der Waals surface area contributed by atoms with Crippen LogP contribution in [-0.4, -0.2) is 32.8 Å². The minimum atomic E-state index is 0.792. The number of benzene rings is 6. The van der Waals surface area contributed by atoms with Crippen LogP contribution in [0.25, 0.3) is 71.9 Å². The van der Waals surface area contributed by atoms with E-state index in [0.29, 0.717) is 0 Å². The van der Waals surface area contributed by atoms with E-state index in [1.165, 1.54) is 22.1 Å². The van der Waals surface area contributed by atoms with Gasteiger partial charge in [-0.15, -0.1) is 0 Å². The van der Waals surface area contributed by atoms with E-state index in [1.54, 1.807) is 0 Å². The molecule has 0 aliphatic carbocycles. The molecule has 0 spiro atoms. The van der Waals surface area contributed by atoms with Crippen LogP contribution in [0.5, 0.6) is 0 Å². The minimum absolute atomic E-state index is 0.792. The van der Waals surface area contributed by atoms with Crippen molar-refractivity contribution in [3.63, 3.8) is 0 Å². The van der Waals surface area contributed by atoms with E-state index < -0.39 is 0 Å². The van der Waals surface area contributed by atoms with Gasteiger partial charge < -0.3 is 14.4 Å². The summed E-state index contributed by atoms with van der Waals surface area (Å²) in [5.74, 6) is 0.940. The van der Waals surface area contributed by atoms with Gasteiger partial charge in [0.15, 0.2) is 0 Å². The van der Waals surface area contributed by atoms with Crippen molar-refractivity contribution in [3.8, 4) is 28.2 Å². The molecule has 0 amide bonds. The zero-order valence-electron chi connectivity index (χ0n) is 27.2. The van der Waals surface area contributed by atoms with Crippen molar-refractivity contribution in [2.45, 2.75) is 0 Å². The van der Waals surface area contributed by atoms with Gasteiger partial charge in [0.25, 0.3) is 0 Å². The molecule has 10 rings (SSSR count). The van der Waals surface area contributed by atoms with Gasteiger partial charge in [-0.05, 0) is 77.0 Å². The maximum absolute atomic E-state index is 5.20. The van der Waals surface area contributed by atoms with Crippen molar-refractivity contribution >= 4 is 60.8 Å². The average Bonchev–Trinajstić information content (AvgIpc) is 3.79. The maximum atomic E-state index is 5.20.